The first kappa shape index (κ1) is 17.9. The first-order valence-corrected chi connectivity index (χ1v) is 7.56. The highest BCUT2D eigenvalue weighted by atomic mass is 16.3. The van der Waals surface area contributed by atoms with Gasteiger partial charge in [0, 0.05) is 34.7 Å². The summed E-state index contributed by atoms with van der Waals surface area (Å²) in [4.78, 5) is 35.2. The lowest BCUT2D eigenvalue weighted by atomic mass is 10.1. The van der Waals surface area contributed by atoms with E-state index in [1.165, 1.54) is 32.1 Å². The molecule has 0 bridgehead atoms. The first-order valence-electron chi connectivity index (χ1n) is 7.56. The smallest absolute Gasteiger partial charge is 0.251 e. The predicted octanol–water partition coefficient (Wildman–Crippen LogP) is 3.12. The van der Waals surface area contributed by atoms with Crippen LogP contribution < -0.4 is 10.6 Å². The van der Waals surface area contributed by atoms with Crippen molar-refractivity contribution in [2.75, 3.05) is 10.6 Å². The highest BCUT2D eigenvalue weighted by Crippen LogP contribution is 2.16. The van der Waals surface area contributed by atoms with Gasteiger partial charge in [-0.25, -0.2) is 0 Å². The predicted molar refractivity (Wildman–Crippen MR) is 95.6 cm³/mol. The molecule has 128 valence electrons. The highest BCUT2D eigenvalue weighted by molar-refractivity contribution is 6.10. The van der Waals surface area contributed by atoms with Crippen molar-refractivity contribution in [3.05, 3.63) is 65.7 Å². The summed E-state index contributed by atoms with van der Waals surface area (Å²) >= 11 is 0. The van der Waals surface area contributed by atoms with Crippen molar-refractivity contribution >= 4 is 29.0 Å². The van der Waals surface area contributed by atoms with Crippen LogP contribution in [0.5, 0.6) is 5.75 Å². The van der Waals surface area contributed by atoms with Crippen molar-refractivity contribution in [1.82, 2.24) is 0 Å². The third kappa shape index (κ3) is 5.31. The molecular weight excluding hydrogens is 320 g/mol. The van der Waals surface area contributed by atoms with Crippen LogP contribution in [-0.4, -0.2) is 22.7 Å². The van der Waals surface area contributed by atoms with E-state index in [1.54, 1.807) is 36.4 Å². The number of ketones is 1. The van der Waals surface area contributed by atoms with Crippen molar-refractivity contribution < 1.29 is 19.5 Å². The molecule has 2 amide bonds. The van der Waals surface area contributed by atoms with Crippen molar-refractivity contribution in [2.24, 2.45) is 0 Å². The van der Waals surface area contributed by atoms with E-state index in [-0.39, 0.29) is 17.1 Å². The molecule has 0 aliphatic rings. The molecule has 3 N–H and O–H groups in total. The monoisotopic (exact) mass is 338 g/mol. The number of phenolic OH excluding ortho intramolecular Hbond substituents is 1. The Bertz CT molecular complexity index is 839. The van der Waals surface area contributed by atoms with Gasteiger partial charge in [-0.05, 0) is 50.2 Å². The van der Waals surface area contributed by atoms with Gasteiger partial charge in [-0.1, -0.05) is 6.07 Å². The second kappa shape index (κ2) is 7.92. The zero-order valence-corrected chi connectivity index (χ0v) is 13.9. The number of carbonyl (C=O) groups excluding carboxylic acids is 3. The van der Waals surface area contributed by atoms with E-state index in [9.17, 15) is 19.5 Å². The fourth-order valence-electron chi connectivity index (χ4n) is 2.04. The second-order valence-electron chi connectivity index (χ2n) is 5.45. The number of hydrogen-bond donors (Lipinski definition) is 3. The van der Waals surface area contributed by atoms with E-state index in [0.717, 1.165) is 0 Å². The van der Waals surface area contributed by atoms with Crippen LogP contribution in [0.4, 0.5) is 11.4 Å². The summed E-state index contributed by atoms with van der Waals surface area (Å²) in [6.45, 7) is 2.97. The normalized spacial score (nSPS) is 10.9. The first-order chi connectivity index (χ1) is 11.8. The Morgan fingerprint density at radius 3 is 2.20 bits per heavy atom. The second-order valence-corrected chi connectivity index (χ2v) is 5.45. The molecule has 0 aliphatic carbocycles. The van der Waals surface area contributed by atoms with Crippen molar-refractivity contribution in [1.29, 1.82) is 0 Å². The molecule has 0 spiro atoms. The largest absolute Gasteiger partial charge is 0.508 e. The topological polar surface area (TPSA) is 95.5 Å². The quantitative estimate of drug-likeness (QED) is 0.576. The molecule has 2 aromatic carbocycles. The Labute approximate surface area is 145 Å². The van der Waals surface area contributed by atoms with Gasteiger partial charge in [0.05, 0.1) is 0 Å². The minimum absolute atomic E-state index is 0.0335. The zero-order valence-electron chi connectivity index (χ0n) is 13.9. The molecule has 0 aromatic heterocycles. The number of benzene rings is 2. The van der Waals surface area contributed by atoms with Crippen LogP contribution in [-0.2, 0) is 9.59 Å². The third-order valence-corrected chi connectivity index (χ3v) is 3.37. The maximum Gasteiger partial charge on any atom is 0.251 e. The van der Waals surface area contributed by atoms with E-state index in [4.69, 9.17) is 0 Å². The zero-order chi connectivity index (χ0) is 18.4. The minimum atomic E-state index is -0.459. The standard InChI is InChI=1S/C19H18N2O4/c1-12(19(25)21-16-4-3-5-17(23)11-16)10-18(24)20-15-8-6-14(7-9-15)13(2)22/h3-11,23H,1-2H3,(H,20,24)(H,21,25)/b12-10+. The van der Waals surface area contributed by atoms with E-state index >= 15 is 0 Å². The maximum atomic E-state index is 12.1. The molecule has 0 aliphatic heterocycles. The van der Waals surface area contributed by atoms with Crippen LogP contribution in [0.2, 0.25) is 0 Å². The number of rotatable bonds is 5. The van der Waals surface area contributed by atoms with Gasteiger partial charge < -0.3 is 15.7 Å². The van der Waals surface area contributed by atoms with Crippen LogP contribution in [0, 0.1) is 0 Å². The van der Waals surface area contributed by atoms with Crippen LogP contribution in [0.3, 0.4) is 0 Å². The van der Waals surface area contributed by atoms with Crippen LogP contribution >= 0.6 is 0 Å². The Hall–Kier alpha value is -3.41. The Balaban J connectivity index is 1.99. The lowest BCUT2D eigenvalue weighted by molar-refractivity contribution is -0.114. The summed E-state index contributed by atoms with van der Waals surface area (Å²) in [6.07, 6.45) is 1.18. The average molecular weight is 338 g/mol. The van der Waals surface area contributed by atoms with Crippen LogP contribution in [0.25, 0.3) is 0 Å². The summed E-state index contributed by atoms with van der Waals surface area (Å²) in [5.74, 6) is -0.935. The number of aromatic hydroxyl groups is 1. The number of Topliss-reactive ketones (excluding diaryl/α,β-unsaturated/α-hetero) is 1. The van der Waals surface area contributed by atoms with E-state index < -0.39 is 11.8 Å². The number of amides is 2. The van der Waals surface area contributed by atoms with Gasteiger partial charge in [0.2, 0.25) is 5.91 Å². The van der Waals surface area contributed by atoms with Crippen LogP contribution in [0.1, 0.15) is 24.2 Å². The van der Waals surface area contributed by atoms with E-state index in [2.05, 4.69) is 10.6 Å². The minimum Gasteiger partial charge on any atom is -0.508 e. The fourth-order valence-corrected chi connectivity index (χ4v) is 2.04. The molecular formula is C19H18N2O4. The van der Waals surface area contributed by atoms with Crippen LogP contribution in [0.15, 0.2) is 60.2 Å². The molecule has 0 saturated heterocycles. The van der Waals surface area contributed by atoms with Gasteiger partial charge in [-0.2, -0.15) is 0 Å². The lowest BCUT2D eigenvalue weighted by Crippen LogP contribution is -2.16. The Morgan fingerprint density at radius 1 is 0.920 bits per heavy atom. The molecule has 0 atom stereocenters. The summed E-state index contributed by atoms with van der Waals surface area (Å²) in [6, 6.07) is 12.6. The van der Waals surface area contributed by atoms with Gasteiger partial charge in [-0.15, -0.1) is 0 Å². The number of anilines is 2. The highest BCUT2D eigenvalue weighted by Gasteiger charge is 2.08. The van der Waals surface area contributed by atoms with Gasteiger partial charge in [0.15, 0.2) is 5.78 Å². The van der Waals surface area contributed by atoms with Crippen molar-refractivity contribution in [3.63, 3.8) is 0 Å². The van der Waals surface area contributed by atoms with Crippen molar-refractivity contribution in [3.8, 4) is 5.75 Å². The van der Waals surface area contributed by atoms with E-state index in [0.29, 0.717) is 16.9 Å². The third-order valence-electron chi connectivity index (χ3n) is 3.37. The number of phenols is 1. The summed E-state index contributed by atoms with van der Waals surface area (Å²) < 4.78 is 0. The summed E-state index contributed by atoms with van der Waals surface area (Å²) in [7, 11) is 0. The van der Waals surface area contributed by atoms with Crippen molar-refractivity contribution in [2.45, 2.75) is 13.8 Å². The summed E-state index contributed by atoms with van der Waals surface area (Å²) in [5.41, 5.74) is 1.71. The van der Waals surface area contributed by atoms with Gasteiger partial charge in [0.25, 0.3) is 5.91 Å². The number of carbonyl (C=O) groups is 3. The Kier molecular flexibility index (Phi) is 5.68. The molecule has 0 unspecified atom stereocenters. The van der Waals surface area contributed by atoms with E-state index in [1.807, 2.05) is 0 Å². The number of hydrogen-bond acceptors (Lipinski definition) is 4. The Morgan fingerprint density at radius 2 is 1.60 bits per heavy atom. The SMILES string of the molecule is CC(=O)c1ccc(NC(=O)/C=C(\C)C(=O)Nc2cccc(O)c2)cc1. The molecule has 2 aromatic rings. The fraction of sp³-hybridized carbons (Fsp3) is 0.105. The molecule has 0 fully saturated rings. The average Bonchev–Trinajstić information content (AvgIpc) is 2.55. The van der Waals surface area contributed by atoms with Gasteiger partial charge in [0.1, 0.15) is 5.75 Å². The molecule has 6 nitrogen and oxygen atoms in total. The molecule has 6 heteroatoms. The van der Waals surface area contributed by atoms with Gasteiger partial charge in [-0.3, -0.25) is 14.4 Å². The molecule has 2 rings (SSSR count). The molecule has 0 heterocycles. The lowest BCUT2D eigenvalue weighted by Gasteiger charge is -2.07. The molecule has 0 saturated carbocycles. The molecule has 25 heavy (non-hydrogen) atoms. The molecule has 0 radical (unpaired) electrons. The maximum absolute atomic E-state index is 12.1. The van der Waals surface area contributed by atoms with Gasteiger partial charge >= 0.3 is 0 Å². The number of nitrogens with one attached hydrogen (secondary N) is 2. The summed E-state index contributed by atoms with van der Waals surface area (Å²) in [5, 5.41) is 14.6.